The van der Waals surface area contributed by atoms with Crippen LogP contribution in [-0.2, 0) is 24.1 Å². The number of nitrogens with zero attached hydrogens (tertiary/aromatic N) is 4. The van der Waals surface area contributed by atoms with E-state index in [2.05, 4.69) is 9.88 Å². The summed E-state index contributed by atoms with van der Waals surface area (Å²) in [5.41, 5.74) is -1.79. The number of anilines is 1. The summed E-state index contributed by atoms with van der Waals surface area (Å²) in [5.74, 6) is -0.739. The summed E-state index contributed by atoms with van der Waals surface area (Å²) < 4.78 is 72.1. The predicted molar refractivity (Wildman–Crippen MR) is 122 cm³/mol. The summed E-state index contributed by atoms with van der Waals surface area (Å²) in [5, 5.41) is 9.01. The number of aromatic nitrogens is 2. The first-order valence-corrected chi connectivity index (χ1v) is 11.2. The van der Waals surface area contributed by atoms with Gasteiger partial charge in [0.25, 0.3) is 0 Å². The van der Waals surface area contributed by atoms with E-state index >= 15 is 0 Å². The van der Waals surface area contributed by atoms with Crippen molar-refractivity contribution in [2.75, 3.05) is 24.7 Å². The SMILES string of the molecule is CC12COCCN1c1cc(OCc3ccc(Oc4cc(C#N)cc(C(F)(F)F)c4)c(F)c3)nc(=O)n1C2. The van der Waals surface area contributed by atoms with Crippen molar-refractivity contribution in [3.05, 3.63) is 75.5 Å². The van der Waals surface area contributed by atoms with Crippen LogP contribution in [0.4, 0.5) is 23.4 Å². The lowest BCUT2D eigenvalue weighted by Crippen LogP contribution is -2.53. The summed E-state index contributed by atoms with van der Waals surface area (Å²) in [6.45, 7) is 3.98. The van der Waals surface area contributed by atoms with Crippen LogP contribution >= 0.6 is 0 Å². The molecule has 1 saturated heterocycles. The molecule has 3 aromatic rings. The highest BCUT2D eigenvalue weighted by Gasteiger charge is 2.43. The summed E-state index contributed by atoms with van der Waals surface area (Å²) in [4.78, 5) is 18.6. The van der Waals surface area contributed by atoms with Gasteiger partial charge in [-0.05, 0) is 42.8 Å². The Kier molecular flexibility index (Phi) is 6.03. The first-order chi connectivity index (χ1) is 17.6. The number of benzene rings is 2. The molecule has 0 bridgehead atoms. The first-order valence-electron chi connectivity index (χ1n) is 11.2. The molecule has 1 atom stereocenters. The zero-order valence-corrected chi connectivity index (χ0v) is 19.5. The molecule has 192 valence electrons. The number of nitriles is 1. The van der Waals surface area contributed by atoms with Crippen LogP contribution in [0.5, 0.6) is 17.4 Å². The van der Waals surface area contributed by atoms with Crippen LogP contribution in [0.15, 0.2) is 47.3 Å². The molecule has 0 amide bonds. The maximum atomic E-state index is 14.7. The second-order valence-corrected chi connectivity index (χ2v) is 9.03. The van der Waals surface area contributed by atoms with Gasteiger partial charge in [0.05, 0.1) is 42.5 Å². The molecule has 0 saturated carbocycles. The van der Waals surface area contributed by atoms with E-state index in [4.69, 9.17) is 19.5 Å². The highest BCUT2D eigenvalue weighted by atomic mass is 19.4. The molecule has 0 spiro atoms. The third kappa shape index (κ3) is 4.82. The molecule has 2 aliphatic heterocycles. The molecule has 0 aliphatic carbocycles. The Labute approximate surface area is 208 Å². The van der Waals surface area contributed by atoms with Crippen molar-refractivity contribution < 1.29 is 31.8 Å². The maximum absolute atomic E-state index is 14.7. The van der Waals surface area contributed by atoms with E-state index in [1.807, 2.05) is 6.92 Å². The van der Waals surface area contributed by atoms with Crippen LogP contribution in [0.2, 0.25) is 0 Å². The maximum Gasteiger partial charge on any atom is 0.416 e. The van der Waals surface area contributed by atoms with Gasteiger partial charge in [-0.15, -0.1) is 0 Å². The summed E-state index contributed by atoms with van der Waals surface area (Å²) >= 11 is 0. The quantitative estimate of drug-likeness (QED) is 0.469. The van der Waals surface area contributed by atoms with Crippen molar-refractivity contribution in [3.8, 4) is 23.4 Å². The van der Waals surface area contributed by atoms with Gasteiger partial charge in [0.1, 0.15) is 18.2 Å². The number of morpholine rings is 1. The third-order valence-electron chi connectivity index (χ3n) is 6.24. The van der Waals surface area contributed by atoms with Gasteiger partial charge >= 0.3 is 11.9 Å². The lowest BCUT2D eigenvalue weighted by atomic mass is 10.0. The van der Waals surface area contributed by atoms with Crippen molar-refractivity contribution in [1.82, 2.24) is 9.55 Å². The summed E-state index contributed by atoms with van der Waals surface area (Å²) in [6, 6.07) is 9.56. The molecular weight excluding hydrogens is 496 g/mol. The van der Waals surface area contributed by atoms with Gasteiger partial charge < -0.3 is 19.1 Å². The Morgan fingerprint density at radius 3 is 2.76 bits per heavy atom. The minimum atomic E-state index is -4.70. The van der Waals surface area contributed by atoms with Gasteiger partial charge in [-0.1, -0.05) is 6.07 Å². The number of hydrogen-bond donors (Lipinski definition) is 0. The molecule has 1 aromatic heterocycles. The molecule has 5 rings (SSSR count). The van der Waals surface area contributed by atoms with E-state index in [1.165, 1.54) is 12.1 Å². The van der Waals surface area contributed by atoms with E-state index in [1.54, 1.807) is 16.7 Å². The highest BCUT2D eigenvalue weighted by molar-refractivity contribution is 5.50. The molecule has 37 heavy (non-hydrogen) atoms. The summed E-state index contributed by atoms with van der Waals surface area (Å²) in [6.07, 6.45) is -4.70. The average Bonchev–Trinajstić information content (AvgIpc) is 3.16. The van der Waals surface area contributed by atoms with Gasteiger partial charge in [0.15, 0.2) is 11.6 Å². The Hall–Kier alpha value is -4.11. The van der Waals surface area contributed by atoms with Gasteiger partial charge in [-0.3, -0.25) is 4.57 Å². The Morgan fingerprint density at radius 1 is 1.22 bits per heavy atom. The molecule has 2 aromatic carbocycles. The molecule has 12 heteroatoms. The summed E-state index contributed by atoms with van der Waals surface area (Å²) in [7, 11) is 0. The minimum Gasteiger partial charge on any atom is -0.473 e. The molecule has 1 fully saturated rings. The van der Waals surface area contributed by atoms with Crippen LogP contribution in [-0.4, -0.2) is 34.8 Å². The average molecular weight is 516 g/mol. The second-order valence-electron chi connectivity index (χ2n) is 9.03. The van der Waals surface area contributed by atoms with E-state index in [-0.39, 0.29) is 35.1 Å². The molecule has 8 nitrogen and oxygen atoms in total. The molecular formula is C25H20F4N4O4. The van der Waals surface area contributed by atoms with Gasteiger partial charge in [-0.25, -0.2) is 9.18 Å². The van der Waals surface area contributed by atoms with Crippen molar-refractivity contribution in [1.29, 1.82) is 5.26 Å². The van der Waals surface area contributed by atoms with E-state index < -0.39 is 23.2 Å². The Bertz CT molecular complexity index is 1470. The number of rotatable bonds is 5. The lowest BCUT2D eigenvalue weighted by molar-refractivity contribution is -0.137. The van der Waals surface area contributed by atoms with Crippen LogP contribution in [0.1, 0.15) is 23.6 Å². The van der Waals surface area contributed by atoms with Gasteiger partial charge in [-0.2, -0.15) is 23.4 Å². The zero-order valence-electron chi connectivity index (χ0n) is 19.5. The number of halogens is 4. The Morgan fingerprint density at radius 2 is 2.03 bits per heavy atom. The van der Waals surface area contributed by atoms with Crippen LogP contribution in [0, 0.1) is 17.1 Å². The number of hydrogen-bond acceptors (Lipinski definition) is 7. The van der Waals surface area contributed by atoms with Gasteiger partial charge in [0, 0.05) is 12.6 Å². The Balaban J connectivity index is 1.31. The minimum absolute atomic E-state index is 0.0840. The van der Waals surface area contributed by atoms with Crippen LogP contribution in [0.25, 0.3) is 0 Å². The number of ether oxygens (including phenoxy) is 3. The molecule has 1 unspecified atom stereocenters. The van der Waals surface area contributed by atoms with Crippen LogP contribution < -0.4 is 20.1 Å². The van der Waals surface area contributed by atoms with E-state index in [0.717, 1.165) is 12.1 Å². The van der Waals surface area contributed by atoms with Crippen molar-refractivity contribution in [3.63, 3.8) is 0 Å². The molecule has 0 radical (unpaired) electrons. The topological polar surface area (TPSA) is 89.6 Å². The van der Waals surface area contributed by atoms with Crippen molar-refractivity contribution >= 4 is 5.82 Å². The zero-order chi connectivity index (χ0) is 26.4. The second kappa shape index (κ2) is 9.08. The normalized spacial score (nSPS) is 18.6. The molecule has 3 heterocycles. The fourth-order valence-corrected chi connectivity index (χ4v) is 4.47. The van der Waals surface area contributed by atoms with Gasteiger partial charge in [0.2, 0.25) is 5.88 Å². The molecule has 0 N–H and O–H groups in total. The predicted octanol–water partition coefficient (Wildman–Crippen LogP) is 4.25. The monoisotopic (exact) mass is 516 g/mol. The fourth-order valence-electron chi connectivity index (χ4n) is 4.47. The smallest absolute Gasteiger partial charge is 0.416 e. The van der Waals surface area contributed by atoms with Crippen LogP contribution in [0.3, 0.4) is 0 Å². The first kappa shape index (κ1) is 24.6. The van der Waals surface area contributed by atoms with E-state index in [9.17, 15) is 22.4 Å². The fraction of sp³-hybridized carbons (Fsp3) is 0.320. The van der Waals surface area contributed by atoms with Crippen molar-refractivity contribution in [2.24, 2.45) is 0 Å². The molecule has 2 aliphatic rings. The number of alkyl halides is 3. The highest BCUT2D eigenvalue weighted by Crippen LogP contribution is 2.36. The largest absolute Gasteiger partial charge is 0.473 e. The third-order valence-corrected chi connectivity index (χ3v) is 6.24. The van der Waals surface area contributed by atoms with E-state index in [0.29, 0.717) is 49.8 Å². The van der Waals surface area contributed by atoms with Crippen molar-refractivity contribution in [2.45, 2.75) is 31.8 Å². The lowest BCUT2D eigenvalue weighted by Gasteiger charge is -2.39. The standard InChI is InChI=1S/C25H20F4N4O4/c1-24-13-32-22(33(24)4-5-35-14-24)10-21(31-23(32)34)36-12-15-2-3-20(19(26)8-15)37-18-7-16(11-30)6-17(9-18)25(27,28)29/h2-3,6-10H,4-5,12-14H2,1H3. The number of fused-ring (bicyclic) bond motifs is 3.